The Morgan fingerprint density at radius 1 is 1.43 bits per heavy atom. The number of rotatable bonds is 2. The molecule has 4 nitrogen and oxygen atoms in total. The summed E-state index contributed by atoms with van der Waals surface area (Å²) in [6, 6.07) is 4.66. The summed E-state index contributed by atoms with van der Waals surface area (Å²) in [5.41, 5.74) is 0. The second-order valence-corrected chi connectivity index (χ2v) is 5.92. The highest BCUT2D eigenvalue weighted by Crippen LogP contribution is 2.25. The van der Waals surface area contributed by atoms with Gasteiger partial charge in [-0.05, 0) is 32.9 Å². The van der Waals surface area contributed by atoms with E-state index in [1.165, 1.54) is 19.9 Å². The zero-order chi connectivity index (χ0) is 11.0. The number of furan rings is 1. The van der Waals surface area contributed by atoms with Crippen molar-refractivity contribution in [1.29, 1.82) is 5.26 Å². The lowest BCUT2D eigenvalue weighted by Crippen LogP contribution is -2.29. The minimum Gasteiger partial charge on any atom is -0.450 e. The number of hydrogen-bond donors (Lipinski definition) is 0. The first-order chi connectivity index (χ1) is 6.31. The standard InChI is InChI=1S/C9H11NO3S/c1-7-4-5-8(13-7)14(11,12)9(2,3)6-10/h4-5H,1-3H3. The van der Waals surface area contributed by atoms with E-state index in [0.29, 0.717) is 5.76 Å². The molecule has 0 fully saturated rings. The quantitative estimate of drug-likeness (QED) is 0.749. The fraction of sp³-hybridized carbons (Fsp3) is 0.444. The minimum atomic E-state index is -3.70. The van der Waals surface area contributed by atoms with E-state index < -0.39 is 14.6 Å². The molecule has 1 aromatic heterocycles. The van der Waals surface area contributed by atoms with E-state index in [1.54, 1.807) is 19.1 Å². The molecular formula is C9H11NO3S. The third kappa shape index (κ3) is 1.53. The Labute approximate surface area is 83.1 Å². The van der Waals surface area contributed by atoms with Gasteiger partial charge in [-0.1, -0.05) is 0 Å². The van der Waals surface area contributed by atoms with E-state index in [-0.39, 0.29) is 5.09 Å². The zero-order valence-electron chi connectivity index (χ0n) is 8.23. The summed E-state index contributed by atoms with van der Waals surface area (Å²) in [5.74, 6) is 0.511. The summed E-state index contributed by atoms with van der Waals surface area (Å²) >= 11 is 0. The Hall–Kier alpha value is -1.28. The average Bonchev–Trinajstić information content (AvgIpc) is 2.52. The first-order valence-electron chi connectivity index (χ1n) is 4.03. The van der Waals surface area contributed by atoms with Crippen LogP contribution in [0.25, 0.3) is 0 Å². The van der Waals surface area contributed by atoms with Crippen molar-refractivity contribution in [3.8, 4) is 6.07 Å². The predicted molar refractivity (Wildman–Crippen MR) is 50.3 cm³/mol. The summed E-state index contributed by atoms with van der Waals surface area (Å²) in [5, 5.41) is 8.58. The smallest absolute Gasteiger partial charge is 0.229 e. The van der Waals surface area contributed by atoms with Gasteiger partial charge in [0, 0.05) is 0 Å². The van der Waals surface area contributed by atoms with Gasteiger partial charge in [0.1, 0.15) is 5.76 Å². The molecule has 0 radical (unpaired) electrons. The number of aryl methyl sites for hydroxylation is 1. The minimum absolute atomic E-state index is 0.151. The van der Waals surface area contributed by atoms with Crippen LogP contribution in [0.5, 0.6) is 0 Å². The first kappa shape index (κ1) is 10.8. The second-order valence-electron chi connectivity index (χ2n) is 3.49. The van der Waals surface area contributed by atoms with Crippen LogP contribution in [0.15, 0.2) is 21.6 Å². The van der Waals surface area contributed by atoms with Gasteiger partial charge < -0.3 is 4.42 Å². The fourth-order valence-corrected chi connectivity index (χ4v) is 1.98. The molecule has 0 aliphatic carbocycles. The highest BCUT2D eigenvalue weighted by molar-refractivity contribution is 7.92. The number of hydrogen-bond acceptors (Lipinski definition) is 4. The van der Waals surface area contributed by atoms with Gasteiger partial charge in [0.15, 0.2) is 4.75 Å². The van der Waals surface area contributed by atoms with Crippen molar-refractivity contribution >= 4 is 9.84 Å². The van der Waals surface area contributed by atoms with Gasteiger partial charge >= 0.3 is 0 Å². The third-order valence-corrected chi connectivity index (χ3v) is 4.11. The molecule has 0 saturated heterocycles. The van der Waals surface area contributed by atoms with Crippen molar-refractivity contribution in [2.45, 2.75) is 30.6 Å². The Bertz CT molecular complexity index is 476. The highest BCUT2D eigenvalue weighted by atomic mass is 32.2. The maximum absolute atomic E-state index is 11.8. The first-order valence-corrected chi connectivity index (χ1v) is 5.52. The van der Waals surface area contributed by atoms with Gasteiger partial charge in [-0.2, -0.15) is 5.26 Å². The normalized spacial score (nSPS) is 12.4. The molecule has 0 unspecified atom stereocenters. The van der Waals surface area contributed by atoms with Gasteiger partial charge in [-0.3, -0.25) is 0 Å². The molecule has 1 heterocycles. The van der Waals surface area contributed by atoms with Crippen molar-refractivity contribution in [3.63, 3.8) is 0 Å². The van der Waals surface area contributed by atoms with E-state index in [1.807, 2.05) is 0 Å². The molecular weight excluding hydrogens is 202 g/mol. The van der Waals surface area contributed by atoms with Crippen molar-refractivity contribution in [3.05, 3.63) is 17.9 Å². The van der Waals surface area contributed by atoms with Crippen LogP contribution in [-0.2, 0) is 9.84 Å². The second kappa shape index (κ2) is 3.14. The van der Waals surface area contributed by atoms with E-state index in [0.717, 1.165) is 0 Å². The van der Waals surface area contributed by atoms with E-state index in [9.17, 15) is 8.42 Å². The molecule has 0 aromatic carbocycles. The average molecular weight is 213 g/mol. The van der Waals surface area contributed by atoms with Crippen LogP contribution in [0.3, 0.4) is 0 Å². The summed E-state index contributed by atoms with van der Waals surface area (Å²) in [6.45, 7) is 4.35. The van der Waals surface area contributed by atoms with Crippen LogP contribution < -0.4 is 0 Å². The van der Waals surface area contributed by atoms with Gasteiger partial charge in [-0.25, -0.2) is 8.42 Å². The van der Waals surface area contributed by atoms with Gasteiger partial charge in [0.2, 0.25) is 14.9 Å². The van der Waals surface area contributed by atoms with Crippen LogP contribution in [0, 0.1) is 18.3 Å². The molecule has 1 aromatic rings. The van der Waals surface area contributed by atoms with E-state index in [4.69, 9.17) is 9.68 Å². The van der Waals surface area contributed by atoms with E-state index in [2.05, 4.69) is 0 Å². The molecule has 0 N–H and O–H groups in total. The molecule has 0 amide bonds. The topological polar surface area (TPSA) is 71.1 Å². The lowest BCUT2D eigenvalue weighted by molar-refractivity contribution is 0.424. The molecule has 0 bridgehead atoms. The highest BCUT2D eigenvalue weighted by Gasteiger charge is 2.38. The van der Waals surface area contributed by atoms with Crippen LogP contribution in [0.1, 0.15) is 19.6 Å². The molecule has 1 rings (SSSR count). The van der Waals surface area contributed by atoms with Gasteiger partial charge in [0.25, 0.3) is 0 Å². The lowest BCUT2D eigenvalue weighted by atomic mass is 10.2. The third-order valence-electron chi connectivity index (χ3n) is 1.92. The monoisotopic (exact) mass is 213 g/mol. The maximum atomic E-state index is 11.8. The molecule has 76 valence electrons. The summed E-state index contributed by atoms with van der Waals surface area (Å²) in [4.78, 5) is 0. The molecule has 0 saturated carbocycles. The molecule has 0 atom stereocenters. The Balaban J connectivity index is 3.31. The molecule has 0 aliphatic heterocycles. The predicted octanol–water partition coefficient (Wildman–Crippen LogP) is 1.66. The molecule has 0 spiro atoms. The van der Waals surface area contributed by atoms with Crippen LogP contribution in [-0.4, -0.2) is 13.2 Å². The van der Waals surface area contributed by atoms with Crippen molar-refractivity contribution < 1.29 is 12.8 Å². The van der Waals surface area contributed by atoms with Crippen molar-refractivity contribution in [2.24, 2.45) is 0 Å². The summed E-state index contributed by atoms with van der Waals surface area (Å²) in [7, 11) is -3.70. The van der Waals surface area contributed by atoms with Crippen molar-refractivity contribution in [2.75, 3.05) is 0 Å². The Kier molecular flexibility index (Phi) is 2.42. The number of nitrogens with zero attached hydrogens (tertiary/aromatic N) is 1. The van der Waals surface area contributed by atoms with Crippen LogP contribution >= 0.6 is 0 Å². The Morgan fingerprint density at radius 2 is 2.00 bits per heavy atom. The van der Waals surface area contributed by atoms with E-state index >= 15 is 0 Å². The van der Waals surface area contributed by atoms with Gasteiger partial charge in [0.05, 0.1) is 6.07 Å². The zero-order valence-corrected chi connectivity index (χ0v) is 9.05. The fourth-order valence-electron chi connectivity index (χ4n) is 0.868. The Morgan fingerprint density at radius 3 is 2.36 bits per heavy atom. The molecule has 5 heteroatoms. The largest absolute Gasteiger partial charge is 0.450 e. The maximum Gasteiger partial charge on any atom is 0.229 e. The molecule has 14 heavy (non-hydrogen) atoms. The SMILES string of the molecule is Cc1ccc(S(=O)(=O)C(C)(C)C#N)o1. The number of nitriles is 1. The lowest BCUT2D eigenvalue weighted by Gasteiger charge is -2.13. The van der Waals surface area contributed by atoms with Gasteiger partial charge in [-0.15, -0.1) is 0 Å². The van der Waals surface area contributed by atoms with Crippen LogP contribution in [0.2, 0.25) is 0 Å². The molecule has 0 aliphatic rings. The number of sulfone groups is 1. The van der Waals surface area contributed by atoms with Crippen LogP contribution in [0.4, 0.5) is 0 Å². The van der Waals surface area contributed by atoms with Crippen molar-refractivity contribution in [1.82, 2.24) is 0 Å². The summed E-state index contributed by atoms with van der Waals surface area (Å²) < 4.78 is 27.1. The summed E-state index contributed by atoms with van der Waals surface area (Å²) in [6.07, 6.45) is 0.